The molecule has 0 aromatic rings. The number of nitrogens with zero attached hydrogens (tertiary/aromatic N) is 3. The molecule has 0 radical (unpaired) electrons. The monoisotopic (exact) mass is 197 g/mol. The molecule has 0 N–H and O–H groups in total. The normalized spacial score (nSPS) is 18.6. The number of hydrogen-bond donors (Lipinski definition) is 0. The summed E-state index contributed by atoms with van der Waals surface area (Å²) in [7, 11) is 0. The lowest BCUT2D eigenvalue weighted by Crippen LogP contribution is -2.37. The predicted molar refractivity (Wildman–Crippen MR) is 52.4 cm³/mol. The zero-order valence-electron chi connectivity index (χ0n) is 7.49. The number of rotatable bonds is 0. The number of thioether (sulfide) groups is 1. The van der Waals surface area contributed by atoms with Crippen LogP contribution in [0.5, 0.6) is 0 Å². The van der Waals surface area contributed by atoms with Gasteiger partial charge in [-0.15, -0.1) is 4.99 Å². The van der Waals surface area contributed by atoms with Crippen molar-refractivity contribution in [1.29, 1.82) is 5.26 Å². The average Bonchev–Trinajstić information content (AvgIpc) is 2.16. The SMILES string of the molecule is CS/C(=N/C#N)N1CCC(=O)CC1. The highest BCUT2D eigenvalue weighted by Gasteiger charge is 2.18. The van der Waals surface area contributed by atoms with Gasteiger partial charge < -0.3 is 4.90 Å². The summed E-state index contributed by atoms with van der Waals surface area (Å²) in [5.74, 6) is 0.300. The van der Waals surface area contributed by atoms with Gasteiger partial charge in [-0.2, -0.15) is 5.26 Å². The fraction of sp³-hybridized carbons (Fsp3) is 0.625. The molecule has 1 aliphatic heterocycles. The van der Waals surface area contributed by atoms with Gasteiger partial charge in [0.1, 0.15) is 5.78 Å². The van der Waals surface area contributed by atoms with E-state index in [0.29, 0.717) is 31.7 Å². The van der Waals surface area contributed by atoms with Crippen molar-refractivity contribution in [3.05, 3.63) is 0 Å². The zero-order chi connectivity index (χ0) is 9.68. The van der Waals surface area contributed by atoms with Gasteiger partial charge in [-0.1, -0.05) is 11.8 Å². The van der Waals surface area contributed by atoms with Gasteiger partial charge in [0, 0.05) is 25.9 Å². The molecule has 0 amide bonds. The van der Waals surface area contributed by atoms with E-state index in [1.807, 2.05) is 11.2 Å². The van der Waals surface area contributed by atoms with Crippen LogP contribution in [-0.4, -0.2) is 35.2 Å². The fourth-order valence-corrected chi connectivity index (χ4v) is 1.81. The topological polar surface area (TPSA) is 56.5 Å². The average molecular weight is 197 g/mol. The Morgan fingerprint density at radius 2 is 2.23 bits per heavy atom. The van der Waals surface area contributed by atoms with Crippen molar-refractivity contribution in [2.24, 2.45) is 4.99 Å². The third-order valence-electron chi connectivity index (χ3n) is 1.92. The van der Waals surface area contributed by atoms with Crippen molar-refractivity contribution in [3.63, 3.8) is 0 Å². The molecule has 70 valence electrons. The van der Waals surface area contributed by atoms with Gasteiger partial charge in [-0.05, 0) is 6.26 Å². The van der Waals surface area contributed by atoms with Crippen molar-refractivity contribution < 1.29 is 4.79 Å². The van der Waals surface area contributed by atoms with Crippen molar-refractivity contribution >= 4 is 22.7 Å². The number of Topliss-reactive ketones (excluding diaryl/α,β-unsaturated/α-hetero) is 1. The molecule has 0 unspecified atom stereocenters. The van der Waals surface area contributed by atoms with Crippen molar-refractivity contribution in [2.45, 2.75) is 12.8 Å². The highest BCUT2D eigenvalue weighted by molar-refractivity contribution is 8.13. The second-order valence-corrected chi connectivity index (χ2v) is 3.50. The largest absolute Gasteiger partial charge is 0.350 e. The van der Waals surface area contributed by atoms with Crippen LogP contribution in [0, 0.1) is 11.5 Å². The molecular formula is C8H11N3OS. The van der Waals surface area contributed by atoms with E-state index in [2.05, 4.69) is 4.99 Å². The number of carbonyl (C=O) groups excluding carboxylic acids is 1. The number of ketones is 1. The van der Waals surface area contributed by atoms with E-state index < -0.39 is 0 Å². The molecule has 0 aliphatic carbocycles. The fourth-order valence-electron chi connectivity index (χ4n) is 1.24. The maximum Gasteiger partial charge on any atom is 0.208 e. The molecule has 0 aromatic heterocycles. The van der Waals surface area contributed by atoms with E-state index >= 15 is 0 Å². The summed E-state index contributed by atoms with van der Waals surface area (Å²) >= 11 is 1.44. The third-order valence-corrected chi connectivity index (χ3v) is 2.63. The molecule has 4 nitrogen and oxygen atoms in total. The number of hydrogen-bond acceptors (Lipinski definition) is 4. The van der Waals surface area contributed by atoms with Crippen molar-refractivity contribution in [1.82, 2.24) is 4.90 Å². The highest BCUT2D eigenvalue weighted by atomic mass is 32.2. The van der Waals surface area contributed by atoms with Crippen LogP contribution in [0.15, 0.2) is 4.99 Å². The summed E-state index contributed by atoms with van der Waals surface area (Å²) in [6, 6.07) is 0. The summed E-state index contributed by atoms with van der Waals surface area (Å²) in [4.78, 5) is 16.6. The minimum absolute atomic E-state index is 0.300. The minimum Gasteiger partial charge on any atom is -0.350 e. The van der Waals surface area contributed by atoms with Crippen molar-refractivity contribution in [2.75, 3.05) is 19.3 Å². The summed E-state index contributed by atoms with van der Waals surface area (Å²) in [5, 5.41) is 9.12. The van der Waals surface area contributed by atoms with E-state index in [-0.39, 0.29) is 0 Å². The number of amidine groups is 1. The lowest BCUT2D eigenvalue weighted by molar-refractivity contribution is -0.120. The Hall–Kier alpha value is -1.02. The first-order valence-electron chi connectivity index (χ1n) is 4.05. The van der Waals surface area contributed by atoms with E-state index in [4.69, 9.17) is 5.26 Å². The van der Waals surface area contributed by atoms with Gasteiger partial charge >= 0.3 is 0 Å². The molecule has 0 aromatic carbocycles. The summed E-state index contributed by atoms with van der Waals surface area (Å²) in [5.41, 5.74) is 0. The molecule has 1 heterocycles. The molecular weight excluding hydrogens is 186 g/mol. The van der Waals surface area contributed by atoms with Crippen LogP contribution in [0.4, 0.5) is 0 Å². The number of aliphatic imine (C=N–C) groups is 1. The van der Waals surface area contributed by atoms with Gasteiger partial charge in [-0.25, -0.2) is 0 Å². The number of piperidine rings is 1. The molecule has 0 spiro atoms. The lowest BCUT2D eigenvalue weighted by atomic mass is 10.1. The molecule has 0 atom stereocenters. The first kappa shape index (κ1) is 10.1. The second-order valence-electron chi connectivity index (χ2n) is 2.72. The third kappa shape index (κ3) is 2.74. The number of carbonyl (C=O) groups is 1. The number of likely N-dealkylation sites (tertiary alicyclic amines) is 1. The maximum absolute atomic E-state index is 10.9. The van der Waals surface area contributed by atoms with Crippen LogP contribution in [0.2, 0.25) is 0 Å². The molecule has 1 fully saturated rings. The lowest BCUT2D eigenvalue weighted by Gasteiger charge is -2.27. The van der Waals surface area contributed by atoms with Crippen LogP contribution in [0.1, 0.15) is 12.8 Å². The summed E-state index contributed by atoms with van der Waals surface area (Å²) in [6.07, 6.45) is 4.80. The highest BCUT2D eigenvalue weighted by Crippen LogP contribution is 2.12. The van der Waals surface area contributed by atoms with Crippen LogP contribution in [-0.2, 0) is 4.79 Å². The van der Waals surface area contributed by atoms with Crippen LogP contribution < -0.4 is 0 Å². The number of nitriles is 1. The summed E-state index contributed by atoms with van der Waals surface area (Å²) in [6.45, 7) is 1.39. The van der Waals surface area contributed by atoms with E-state index in [9.17, 15) is 4.79 Å². The quantitative estimate of drug-likeness (QED) is 0.328. The second kappa shape index (κ2) is 4.87. The van der Waals surface area contributed by atoms with Crippen LogP contribution >= 0.6 is 11.8 Å². The smallest absolute Gasteiger partial charge is 0.208 e. The van der Waals surface area contributed by atoms with E-state index in [1.165, 1.54) is 11.8 Å². The Bertz CT molecular complexity index is 259. The molecule has 0 bridgehead atoms. The Balaban J connectivity index is 2.57. The van der Waals surface area contributed by atoms with Gasteiger partial charge in [-0.3, -0.25) is 4.79 Å². The van der Waals surface area contributed by atoms with E-state index in [1.54, 1.807) is 6.19 Å². The van der Waals surface area contributed by atoms with Gasteiger partial charge in [0.05, 0.1) is 0 Å². The Labute approximate surface area is 81.6 Å². The van der Waals surface area contributed by atoms with E-state index in [0.717, 1.165) is 5.17 Å². The molecule has 1 saturated heterocycles. The minimum atomic E-state index is 0.300. The van der Waals surface area contributed by atoms with Crippen LogP contribution in [0.25, 0.3) is 0 Å². The first-order valence-corrected chi connectivity index (χ1v) is 5.28. The molecule has 1 aliphatic rings. The molecule has 1 rings (SSSR count). The zero-order valence-corrected chi connectivity index (χ0v) is 8.30. The molecule has 13 heavy (non-hydrogen) atoms. The Morgan fingerprint density at radius 1 is 1.62 bits per heavy atom. The van der Waals surface area contributed by atoms with Gasteiger partial charge in [0.15, 0.2) is 5.17 Å². The predicted octanol–water partition coefficient (Wildman–Crippen LogP) is 0.851. The molecule has 0 saturated carbocycles. The maximum atomic E-state index is 10.9. The molecule has 5 heteroatoms. The first-order chi connectivity index (χ1) is 6.27. The Morgan fingerprint density at radius 3 is 2.69 bits per heavy atom. The van der Waals surface area contributed by atoms with Gasteiger partial charge in [0.2, 0.25) is 6.19 Å². The Kier molecular flexibility index (Phi) is 3.77. The van der Waals surface area contributed by atoms with Gasteiger partial charge in [0.25, 0.3) is 0 Å². The standard InChI is InChI=1S/C8H11N3OS/c1-13-8(10-6-9)11-4-2-7(12)3-5-11/h2-5H2,1H3/b10-8+. The van der Waals surface area contributed by atoms with Crippen molar-refractivity contribution in [3.8, 4) is 6.19 Å². The van der Waals surface area contributed by atoms with Crippen LogP contribution in [0.3, 0.4) is 0 Å². The summed E-state index contributed by atoms with van der Waals surface area (Å²) < 4.78 is 0.